The smallest absolute Gasteiger partial charge is 0.207 e. The largest absolute Gasteiger partial charge is 0.212 e. The van der Waals surface area contributed by atoms with E-state index in [4.69, 9.17) is 0 Å². The molecule has 0 N–H and O–H groups in total. The summed E-state index contributed by atoms with van der Waals surface area (Å²) in [5, 5.41) is 0. The molecule has 0 saturated carbocycles. The van der Waals surface area contributed by atoms with Gasteiger partial charge in [0.2, 0.25) is 11.9 Å². The van der Waals surface area contributed by atoms with Crippen LogP contribution in [-0.2, 0) is 12.5 Å². The summed E-state index contributed by atoms with van der Waals surface area (Å²) < 4.78 is 29.1. The monoisotopic (exact) mass is 276 g/mol. The van der Waals surface area contributed by atoms with Gasteiger partial charge >= 0.3 is 0 Å². The Bertz CT molecular complexity index is 655. The van der Waals surface area contributed by atoms with Crippen LogP contribution in [-0.4, -0.2) is 0 Å². The predicted molar refractivity (Wildman–Crippen MR) is 76.4 cm³/mol. The van der Waals surface area contributed by atoms with Gasteiger partial charge in [-0.15, -0.1) is 0 Å². The SMILES string of the molecule is Cc1cc(F)ccc1-c1cc(C(C)(C)C)c(F)c[n+]1C. The standard InChI is InChI=1S/C17H20F2N/c1-11-8-12(18)6-7-13(11)16-9-14(17(2,3)4)15(19)10-20(16)5/h6-10H,1-5H3/q+1. The predicted octanol–water partition coefficient (Wildman–Crippen LogP) is 4.06. The minimum Gasteiger partial charge on any atom is -0.207 e. The molecule has 0 unspecified atom stereocenters. The number of aromatic nitrogens is 1. The van der Waals surface area contributed by atoms with Gasteiger partial charge in [-0.3, -0.25) is 0 Å². The van der Waals surface area contributed by atoms with Crippen molar-refractivity contribution in [3.63, 3.8) is 0 Å². The fraction of sp³-hybridized carbons (Fsp3) is 0.353. The second-order valence-corrected chi connectivity index (χ2v) is 6.24. The highest BCUT2D eigenvalue weighted by Crippen LogP contribution is 2.29. The molecule has 0 aliphatic rings. The van der Waals surface area contributed by atoms with Crippen LogP contribution in [0.15, 0.2) is 30.5 Å². The fourth-order valence-corrected chi connectivity index (χ4v) is 2.37. The summed E-state index contributed by atoms with van der Waals surface area (Å²) in [6.45, 7) is 7.80. The van der Waals surface area contributed by atoms with Crippen LogP contribution >= 0.6 is 0 Å². The molecule has 0 fully saturated rings. The number of benzene rings is 1. The number of hydrogen-bond acceptors (Lipinski definition) is 0. The highest BCUT2D eigenvalue weighted by atomic mass is 19.1. The lowest BCUT2D eigenvalue weighted by atomic mass is 9.86. The van der Waals surface area contributed by atoms with Crippen LogP contribution in [0.4, 0.5) is 8.78 Å². The average Bonchev–Trinajstić information content (AvgIpc) is 2.28. The van der Waals surface area contributed by atoms with Gasteiger partial charge in [0, 0.05) is 17.2 Å². The zero-order valence-electron chi connectivity index (χ0n) is 12.6. The summed E-state index contributed by atoms with van der Waals surface area (Å²) in [5.74, 6) is -0.476. The minimum absolute atomic E-state index is 0.219. The van der Waals surface area contributed by atoms with E-state index in [0.717, 1.165) is 16.8 Å². The third-order valence-electron chi connectivity index (χ3n) is 3.50. The van der Waals surface area contributed by atoms with E-state index in [0.29, 0.717) is 5.56 Å². The molecule has 0 amide bonds. The third-order valence-corrected chi connectivity index (χ3v) is 3.50. The van der Waals surface area contributed by atoms with Crippen molar-refractivity contribution < 1.29 is 13.3 Å². The van der Waals surface area contributed by atoms with Crippen LogP contribution in [0.3, 0.4) is 0 Å². The molecule has 0 atom stereocenters. The molecule has 0 aliphatic heterocycles. The average molecular weight is 276 g/mol. The molecule has 0 bridgehead atoms. The normalized spacial score (nSPS) is 11.8. The first-order chi connectivity index (χ1) is 9.20. The molecule has 2 aromatic rings. The van der Waals surface area contributed by atoms with Crippen molar-refractivity contribution in [3.8, 4) is 11.3 Å². The number of hydrogen-bond donors (Lipinski definition) is 0. The lowest BCUT2D eigenvalue weighted by molar-refractivity contribution is -0.662. The van der Waals surface area contributed by atoms with Gasteiger partial charge in [-0.1, -0.05) is 20.8 Å². The van der Waals surface area contributed by atoms with Gasteiger partial charge in [-0.25, -0.2) is 8.78 Å². The molecule has 1 aromatic heterocycles. The maximum absolute atomic E-state index is 14.1. The van der Waals surface area contributed by atoms with E-state index >= 15 is 0 Å². The number of nitrogens with zero attached hydrogens (tertiary/aromatic N) is 1. The van der Waals surface area contributed by atoms with Crippen molar-refractivity contribution in [2.75, 3.05) is 0 Å². The lowest BCUT2D eigenvalue weighted by Crippen LogP contribution is -2.33. The van der Waals surface area contributed by atoms with E-state index in [1.807, 2.05) is 33.8 Å². The summed E-state index contributed by atoms with van der Waals surface area (Å²) in [4.78, 5) is 0. The lowest BCUT2D eigenvalue weighted by Gasteiger charge is -2.19. The number of aryl methyl sites for hydroxylation is 2. The maximum atomic E-state index is 14.1. The van der Waals surface area contributed by atoms with Crippen molar-refractivity contribution in [1.29, 1.82) is 0 Å². The Hall–Kier alpha value is -1.77. The Morgan fingerprint density at radius 1 is 1.05 bits per heavy atom. The van der Waals surface area contributed by atoms with Crippen LogP contribution in [0, 0.1) is 18.6 Å². The first kappa shape index (κ1) is 14.6. The zero-order valence-corrected chi connectivity index (χ0v) is 12.6. The summed E-state index contributed by atoms with van der Waals surface area (Å²) >= 11 is 0. The highest BCUT2D eigenvalue weighted by molar-refractivity contribution is 5.61. The molecule has 1 nitrogen and oxygen atoms in total. The maximum Gasteiger partial charge on any atom is 0.212 e. The second kappa shape index (κ2) is 4.97. The van der Waals surface area contributed by atoms with E-state index in [9.17, 15) is 8.78 Å². The zero-order chi connectivity index (χ0) is 15.1. The van der Waals surface area contributed by atoms with E-state index < -0.39 is 0 Å². The van der Waals surface area contributed by atoms with E-state index in [1.54, 1.807) is 17.7 Å². The molecular weight excluding hydrogens is 256 g/mol. The third kappa shape index (κ3) is 2.72. The molecular formula is C17H20F2N+. The fourth-order valence-electron chi connectivity index (χ4n) is 2.37. The van der Waals surface area contributed by atoms with Crippen LogP contribution in [0.5, 0.6) is 0 Å². The van der Waals surface area contributed by atoms with E-state index in [1.165, 1.54) is 18.3 Å². The van der Waals surface area contributed by atoms with E-state index in [2.05, 4.69) is 0 Å². The van der Waals surface area contributed by atoms with Crippen molar-refractivity contribution in [1.82, 2.24) is 0 Å². The molecule has 0 saturated heterocycles. The van der Waals surface area contributed by atoms with Crippen LogP contribution in [0.25, 0.3) is 11.3 Å². The number of halogens is 2. The number of pyridine rings is 1. The summed E-state index contributed by atoms with van der Waals surface area (Å²) in [6, 6.07) is 6.53. The Morgan fingerprint density at radius 2 is 1.70 bits per heavy atom. The van der Waals surface area contributed by atoms with Crippen molar-refractivity contribution in [2.24, 2.45) is 7.05 Å². The van der Waals surface area contributed by atoms with Gasteiger partial charge in [-0.2, -0.15) is 4.57 Å². The summed E-state index contributed by atoms with van der Waals surface area (Å²) in [5.41, 5.74) is 3.02. The quantitative estimate of drug-likeness (QED) is 0.691. The molecule has 20 heavy (non-hydrogen) atoms. The van der Waals surface area contributed by atoms with Crippen LogP contribution < -0.4 is 4.57 Å². The summed E-state index contributed by atoms with van der Waals surface area (Å²) in [7, 11) is 1.80. The molecule has 0 spiro atoms. The molecule has 1 heterocycles. The Balaban J connectivity index is 2.68. The molecule has 3 heteroatoms. The molecule has 1 aromatic carbocycles. The second-order valence-electron chi connectivity index (χ2n) is 6.24. The van der Waals surface area contributed by atoms with Gasteiger partial charge in [0.25, 0.3) is 0 Å². The number of rotatable bonds is 1. The van der Waals surface area contributed by atoms with Crippen LogP contribution in [0.2, 0.25) is 0 Å². The first-order valence-corrected chi connectivity index (χ1v) is 6.66. The van der Waals surface area contributed by atoms with Crippen molar-refractivity contribution in [3.05, 3.63) is 53.2 Å². The van der Waals surface area contributed by atoms with E-state index in [-0.39, 0.29) is 17.0 Å². The summed E-state index contributed by atoms with van der Waals surface area (Å²) in [6.07, 6.45) is 1.48. The van der Waals surface area contributed by atoms with Crippen LogP contribution in [0.1, 0.15) is 31.9 Å². The van der Waals surface area contributed by atoms with Crippen molar-refractivity contribution in [2.45, 2.75) is 33.1 Å². The van der Waals surface area contributed by atoms with Gasteiger partial charge in [0.15, 0.2) is 5.82 Å². The molecule has 106 valence electrons. The van der Waals surface area contributed by atoms with Gasteiger partial charge in [0.05, 0.1) is 0 Å². The van der Waals surface area contributed by atoms with Crippen molar-refractivity contribution >= 4 is 0 Å². The Labute approximate surface area is 118 Å². The van der Waals surface area contributed by atoms with Gasteiger partial charge in [0.1, 0.15) is 12.9 Å². The van der Waals surface area contributed by atoms with Gasteiger partial charge in [-0.05, 0) is 36.1 Å². The van der Waals surface area contributed by atoms with Gasteiger partial charge < -0.3 is 0 Å². The highest BCUT2D eigenvalue weighted by Gasteiger charge is 2.24. The topological polar surface area (TPSA) is 3.88 Å². The Morgan fingerprint density at radius 3 is 2.25 bits per heavy atom. The first-order valence-electron chi connectivity index (χ1n) is 6.66. The minimum atomic E-state index is -0.277. The Kier molecular flexibility index (Phi) is 3.63. The molecule has 0 aliphatic carbocycles. The molecule has 2 rings (SSSR count). The molecule has 0 radical (unpaired) electrons.